The summed E-state index contributed by atoms with van der Waals surface area (Å²) in [5, 5.41) is 11.7. The first-order chi connectivity index (χ1) is 10.6. The second-order valence-electron chi connectivity index (χ2n) is 5.05. The lowest BCUT2D eigenvalue weighted by Crippen LogP contribution is -2.28. The molecule has 0 radical (unpaired) electrons. The fraction of sp³-hybridized carbons (Fsp3) is 0.222. The largest absolute Gasteiger partial charge is 0.497 e. The summed E-state index contributed by atoms with van der Waals surface area (Å²) in [6, 6.07) is 16.6. The van der Waals surface area contributed by atoms with Crippen LogP contribution < -0.4 is 10.1 Å². The lowest BCUT2D eigenvalue weighted by atomic mass is 10.1. The van der Waals surface area contributed by atoms with Crippen LogP contribution >= 0.6 is 0 Å². The Morgan fingerprint density at radius 1 is 1.18 bits per heavy atom. The highest BCUT2D eigenvalue weighted by Crippen LogP contribution is 2.15. The number of rotatable bonds is 5. The lowest BCUT2D eigenvalue weighted by molar-refractivity contribution is -0.121. The van der Waals surface area contributed by atoms with Gasteiger partial charge >= 0.3 is 0 Å². The summed E-state index contributed by atoms with van der Waals surface area (Å²) in [5.41, 5.74) is 2.52. The molecule has 4 heteroatoms. The number of nitrogens with one attached hydrogen (secondary N) is 1. The average molecular weight is 294 g/mol. The SMILES string of the molecule is COc1ccc(CC(=O)NC(C)c2ccc(C#N)cc2)cc1. The van der Waals surface area contributed by atoms with Crippen molar-refractivity contribution in [1.82, 2.24) is 5.32 Å². The van der Waals surface area contributed by atoms with Gasteiger partial charge in [-0.15, -0.1) is 0 Å². The maximum Gasteiger partial charge on any atom is 0.224 e. The van der Waals surface area contributed by atoms with E-state index in [9.17, 15) is 4.79 Å². The van der Waals surface area contributed by atoms with E-state index in [1.165, 1.54) is 0 Å². The Morgan fingerprint density at radius 3 is 2.36 bits per heavy atom. The smallest absolute Gasteiger partial charge is 0.224 e. The summed E-state index contributed by atoms with van der Waals surface area (Å²) in [5.74, 6) is 0.733. The van der Waals surface area contributed by atoms with E-state index >= 15 is 0 Å². The van der Waals surface area contributed by atoms with Crippen LogP contribution in [0.15, 0.2) is 48.5 Å². The number of nitrogens with zero attached hydrogens (tertiary/aromatic N) is 1. The summed E-state index contributed by atoms with van der Waals surface area (Å²) in [6.45, 7) is 1.92. The fourth-order valence-electron chi connectivity index (χ4n) is 2.15. The minimum Gasteiger partial charge on any atom is -0.497 e. The van der Waals surface area contributed by atoms with Crippen molar-refractivity contribution >= 4 is 5.91 Å². The molecule has 1 unspecified atom stereocenters. The summed E-state index contributed by atoms with van der Waals surface area (Å²) in [7, 11) is 1.61. The van der Waals surface area contributed by atoms with Crippen LogP contribution in [0.2, 0.25) is 0 Å². The van der Waals surface area contributed by atoms with Gasteiger partial charge in [0.1, 0.15) is 5.75 Å². The van der Waals surface area contributed by atoms with E-state index in [2.05, 4.69) is 11.4 Å². The van der Waals surface area contributed by atoms with Crippen molar-refractivity contribution in [3.05, 3.63) is 65.2 Å². The van der Waals surface area contributed by atoms with Gasteiger partial charge in [0.2, 0.25) is 5.91 Å². The maximum absolute atomic E-state index is 12.1. The molecule has 0 aliphatic carbocycles. The van der Waals surface area contributed by atoms with Crippen molar-refractivity contribution in [1.29, 1.82) is 5.26 Å². The Balaban J connectivity index is 1.93. The number of carbonyl (C=O) groups is 1. The Hall–Kier alpha value is -2.80. The monoisotopic (exact) mass is 294 g/mol. The molecule has 0 heterocycles. The molecule has 2 aromatic carbocycles. The second kappa shape index (κ2) is 7.28. The maximum atomic E-state index is 12.1. The number of benzene rings is 2. The van der Waals surface area contributed by atoms with Gasteiger partial charge in [0.05, 0.1) is 31.2 Å². The molecular formula is C18H18N2O2. The van der Waals surface area contributed by atoms with Crippen LogP contribution in [0.25, 0.3) is 0 Å². The van der Waals surface area contributed by atoms with Gasteiger partial charge in [0.25, 0.3) is 0 Å². The molecule has 0 aromatic heterocycles. The third-order valence-corrected chi connectivity index (χ3v) is 3.44. The average Bonchev–Trinajstić information content (AvgIpc) is 2.55. The zero-order valence-electron chi connectivity index (χ0n) is 12.7. The first-order valence-electron chi connectivity index (χ1n) is 7.04. The van der Waals surface area contributed by atoms with Crippen molar-refractivity contribution in [2.45, 2.75) is 19.4 Å². The van der Waals surface area contributed by atoms with E-state index in [1.807, 2.05) is 43.3 Å². The van der Waals surface area contributed by atoms with Crippen molar-refractivity contribution in [2.24, 2.45) is 0 Å². The second-order valence-corrected chi connectivity index (χ2v) is 5.05. The minimum atomic E-state index is -0.0986. The quantitative estimate of drug-likeness (QED) is 0.922. The number of hydrogen-bond acceptors (Lipinski definition) is 3. The summed E-state index contributed by atoms with van der Waals surface area (Å²) in [4.78, 5) is 12.1. The van der Waals surface area contributed by atoms with Crippen LogP contribution in [0, 0.1) is 11.3 Å². The molecule has 0 bridgehead atoms. The molecule has 2 rings (SSSR count). The summed E-state index contributed by atoms with van der Waals surface area (Å²) in [6.07, 6.45) is 0.324. The Labute approximate surface area is 130 Å². The molecule has 0 spiro atoms. The van der Waals surface area contributed by atoms with Crippen LogP contribution in [0.3, 0.4) is 0 Å². The topological polar surface area (TPSA) is 62.1 Å². The molecule has 1 atom stereocenters. The number of amides is 1. The molecule has 2 aromatic rings. The molecule has 4 nitrogen and oxygen atoms in total. The predicted octanol–water partition coefficient (Wildman–Crippen LogP) is 2.99. The van der Waals surface area contributed by atoms with Crippen LogP contribution in [0.4, 0.5) is 0 Å². The number of methoxy groups -OCH3 is 1. The van der Waals surface area contributed by atoms with Gasteiger partial charge in [-0.05, 0) is 42.3 Å². The predicted molar refractivity (Wildman–Crippen MR) is 84.4 cm³/mol. The summed E-state index contributed by atoms with van der Waals surface area (Å²) >= 11 is 0. The third kappa shape index (κ3) is 4.10. The number of ether oxygens (including phenoxy) is 1. The highest BCUT2D eigenvalue weighted by molar-refractivity contribution is 5.79. The number of hydrogen-bond donors (Lipinski definition) is 1. The van der Waals surface area contributed by atoms with Crippen molar-refractivity contribution in [2.75, 3.05) is 7.11 Å². The van der Waals surface area contributed by atoms with Gasteiger partial charge < -0.3 is 10.1 Å². The molecule has 0 saturated heterocycles. The van der Waals surface area contributed by atoms with E-state index < -0.39 is 0 Å². The van der Waals surface area contributed by atoms with Gasteiger partial charge in [-0.3, -0.25) is 4.79 Å². The first kappa shape index (κ1) is 15.6. The standard InChI is InChI=1S/C18H18N2O2/c1-13(16-7-3-15(12-19)4-8-16)20-18(21)11-14-5-9-17(22-2)10-6-14/h3-10,13H,11H2,1-2H3,(H,20,21). The number of carbonyl (C=O) groups excluding carboxylic acids is 1. The molecule has 1 N–H and O–H groups in total. The molecule has 0 fully saturated rings. The Bertz CT molecular complexity index is 670. The molecule has 22 heavy (non-hydrogen) atoms. The van der Waals surface area contributed by atoms with E-state index in [0.717, 1.165) is 16.9 Å². The van der Waals surface area contributed by atoms with Crippen LogP contribution in [0.5, 0.6) is 5.75 Å². The summed E-state index contributed by atoms with van der Waals surface area (Å²) < 4.78 is 5.09. The van der Waals surface area contributed by atoms with E-state index in [-0.39, 0.29) is 11.9 Å². The molecule has 0 aliphatic rings. The van der Waals surface area contributed by atoms with E-state index in [4.69, 9.17) is 10.00 Å². The van der Waals surface area contributed by atoms with Gasteiger partial charge in [-0.1, -0.05) is 24.3 Å². The van der Waals surface area contributed by atoms with Gasteiger partial charge in [0, 0.05) is 0 Å². The van der Waals surface area contributed by atoms with E-state index in [0.29, 0.717) is 12.0 Å². The highest BCUT2D eigenvalue weighted by Gasteiger charge is 2.10. The van der Waals surface area contributed by atoms with Crippen LogP contribution in [0.1, 0.15) is 29.7 Å². The normalized spacial score (nSPS) is 11.3. The molecule has 112 valence electrons. The Kier molecular flexibility index (Phi) is 5.16. The lowest BCUT2D eigenvalue weighted by Gasteiger charge is -2.14. The highest BCUT2D eigenvalue weighted by atomic mass is 16.5. The van der Waals surface area contributed by atoms with Gasteiger partial charge in [-0.25, -0.2) is 0 Å². The van der Waals surface area contributed by atoms with Gasteiger partial charge in [0.15, 0.2) is 0 Å². The molecule has 1 amide bonds. The molecule has 0 saturated carbocycles. The van der Waals surface area contributed by atoms with Crippen molar-refractivity contribution in [3.63, 3.8) is 0 Å². The first-order valence-corrected chi connectivity index (χ1v) is 7.04. The number of nitriles is 1. The third-order valence-electron chi connectivity index (χ3n) is 3.44. The zero-order chi connectivity index (χ0) is 15.9. The van der Waals surface area contributed by atoms with Crippen molar-refractivity contribution < 1.29 is 9.53 Å². The van der Waals surface area contributed by atoms with Crippen LogP contribution in [-0.4, -0.2) is 13.0 Å². The molecular weight excluding hydrogens is 276 g/mol. The molecule has 0 aliphatic heterocycles. The van der Waals surface area contributed by atoms with Crippen molar-refractivity contribution in [3.8, 4) is 11.8 Å². The minimum absolute atomic E-state index is 0.0398. The van der Waals surface area contributed by atoms with Gasteiger partial charge in [-0.2, -0.15) is 5.26 Å². The zero-order valence-corrected chi connectivity index (χ0v) is 12.7. The van der Waals surface area contributed by atoms with Crippen LogP contribution in [-0.2, 0) is 11.2 Å². The van der Waals surface area contributed by atoms with E-state index in [1.54, 1.807) is 19.2 Å². The Morgan fingerprint density at radius 2 is 1.82 bits per heavy atom. The fourth-order valence-corrected chi connectivity index (χ4v) is 2.15.